The van der Waals surface area contributed by atoms with Crippen LogP contribution in [-0.4, -0.2) is 50.5 Å². The molecule has 7 nitrogen and oxygen atoms in total. The molecule has 0 unspecified atom stereocenters. The van der Waals surface area contributed by atoms with Crippen LogP contribution in [0.3, 0.4) is 0 Å². The van der Waals surface area contributed by atoms with Gasteiger partial charge in [0.15, 0.2) is 23.9 Å². The van der Waals surface area contributed by atoms with E-state index >= 15 is 0 Å². The molecule has 0 aliphatic carbocycles. The first-order valence-electron chi connectivity index (χ1n) is 9.80. The van der Waals surface area contributed by atoms with Crippen LogP contribution in [0, 0.1) is 0 Å². The van der Waals surface area contributed by atoms with Crippen molar-refractivity contribution in [2.75, 3.05) is 33.9 Å². The summed E-state index contributed by atoms with van der Waals surface area (Å²) in [7, 11) is 3.12. The molecule has 2 heterocycles. The van der Waals surface area contributed by atoms with E-state index in [9.17, 15) is 9.59 Å². The fourth-order valence-electron chi connectivity index (χ4n) is 3.55. The lowest BCUT2D eigenvalue weighted by molar-refractivity contribution is -0.132. The highest BCUT2D eigenvalue weighted by Crippen LogP contribution is 2.36. The summed E-state index contributed by atoms with van der Waals surface area (Å²) in [4.78, 5) is 26.6. The fourth-order valence-corrected chi connectivity index (χ4v) is 3.55. The van der Waals surface area contributed by atoms with E-state index in [0.29, 0.717) is 28.6 Å². The lowest BCUT2D eigenvalue weighted by Crippen LogP contribution is -2.32. The Labute approximate surface area is 174 Å². The largest absolute Gasteiger partial charge is 0.493 e. The van der Waals surface area contributed by atoms with Gasteiger partial charge in [0.25, 0.3) is 5.91 Å². The summed E-state index contributed by atoms with van der Waals surface area (Å²) in [5.41, 5.74) is 1.21. The van der Waals surface area contributed by atoms with Crippen LogP contribution in [0.15, 0.2) is 42.2 Å². The molecule has 1 saturated heterocycles. The number of methoxy groups -OCH3 is 2. The number of fused-ring (bicyclic) bond motifs is 1. The molecule has 0 N–H and O–H groups in total. The molecule has 2 aromatic carbocycles. The zero-order chi connectivity index (χ0) is 21.1. The van der Waals surface area contributed by atoms with E-state index in [1.165, 1.54) is 0 Å². The number of ketones is 1. The molecule has 2 aliphatic heterocycles. The Kier molecular flexibility index (Phi) is 5.61. The molecular formula is C23H23NO6. The van der Waals surface area contributed by atoms with Gasteiger partial charge in [0.05, 0.1) is 19.8 Å². The number of carbonyl (C=O) groups is 2. The van der Waals surface area contributed by atoms with E-state index in [4.69, 9.17) is 18.9 Å². The summed E-state index contributed by atoms with van der Waals surface area (Å²) < 4.78 is 21.9. The average Bonchev–Trinajstić information content (AvgIpc) is 3.41. The summed E-state index contributed by atoms with van der Waals surface area (Å²) in [6.45, 7) is 1.55. The number of amides is 1. The first-order chi connectivity index (χ1) is 14.6. The Morgan fingerprint density at radius 2 is 1.83 bits per heavy atom. The number of rotatable bonds is 6. The number of hydrogen-bond acceptors (Lipinski definition) is 6. The predicted octanol–water partition coefficient (Wildman–Crippen LogP) is 3.32. The Bertz CT molecular complexity index is 1010. The van der Waals surface area contributed by atoms with Gasteiger partial charge in [-0.3, -0.25) is 9.59 Å². The molecule has 0 saturated carbocycles. The normalized spacial score (nSPS) is 16.4. The Morgan fingerprint density at radius 3 is 2.57 bits per heavy atom. The highest BCUT2D eigenvalue weighted by molar-refractivity contribution is 6.14. The molecule has 0 spiro atoms. The van der Waals surface area contributed by atoms with Crippen LogP contribution >= 0.6 is 0 Å². The Hall–Kier alpha value is -3.48. The van der Waals surface area contributed by atoms with E-state index < -0.39 is 0 Å². The number of ether oxygens (including phenoxy) is 4. The molecule has 0 atom stereocenters. The minimum atomic E-state index is -0.209. The maximum Gasteiger partial charge on any atom is 0.260 e. The number of benzene rings is 2. The first-order valence-corrected chi connectivity index (χ1v) is 9.80. The molecule has 2 aliphatic rings. The van der Waals surface area contributed by atoms with Gasteiger partial charge in [-0.2, -0.15) is 0 Å². The van der Waals surface area contributed by atoms with Crippen molar-refractivity contribution < 1.29 is 28.5 Å². The summed E-state index contributed by atoms with van der Waals surface area (Å²) in [5.74, 6) is 2.04. The molecule has 30 heavy (non-hydrogen) atoms. The van der Waals surface area contributed by atoms with Crippen LogP contribution in [0.2, 0.25) is 0 Å². The van der Waals surface area contributed by atoms with Crippen molar-refractivity contribution in [1.82, 2.24) is 4.90 Å². The highest BCUT2D eigenvalue weighted by atomic mass is 16.5. The second kappa shape index (κ2) is 8.49. The van der Waals surface area contributed by atoms with Gasteiger partial charge in [0.1, 0.15) is 11.5 Å². The second-order valence-corrected chi connectivity index (χ2v) is 7.09. The summed E-state index contributed by atoms with van der Waals surface area (Å²) >= 11 is 0. The number of carbonyl (C=O) groups excluding carboxylic acids is 2. The minimum Gasteiger partial charge on any atom is -0.493 e. The van der Waals surface area contributed by atoms with Crippen molar-refractivity contribution >= 4 is 17.8 Å². The van der Waals surface area contributed by atoms with Gasteiger partial charge in [-0.15, -0.1) is 0 Å². The van der Waals surface area contributed by atoms with Crippen molar-refractivity contribution in [2.24, 2.45) is 0 Å². The molecule has 4 rings (SSSR count). The van der Waals surface area contributed by atoms with Crippen LogP contribution < -0.4 is 18.9 Å². The lowest BCUT2D eigenvalue weighted by Gasteiger charge is -2.15. The van der Waals surface area contributed by atoms with Crippen molar-refractivity contribution in [1.29, 1.82) is 0 Å². The maximum atomic E-state index is 12.7. The quantitative estimate of drug-likeness (QED) is 0.682. The van der Waals surface area contributed by atoms with Gasteiger partial charge in [-0.25, -0.2) is 0 Å². The highest BCUT2D eigenvalue weighted by Gasteiger charge is 2.28. The lowest BCUT2D eigenvalue weighted by atomic mass is 10.1. The van der Waals surface area contributed by atoms with Gasteiger partial charge in [0.2, 0.25) is 5.78 Å². The summed E-state index contributed by atoms with van der Waals surface area (Å²) in [6.07, 6.45) is 3.73. The number of nitrogens with zero attached hydrogens (tertiary/aromatic N) is 1. The van der Waals surface area contributed by atoms with Crippen molar-refractivity contribution in [3.8, 4) is 23.0 Å². The van der Waals surface area contributed by atoms with E-state index in [1.54, 1.807) is 55.5 Å². The zero-order valence-electron chi connectivity index (χ0n) is 17.0. The van der Waals surface area contributed by atoms with E-state index in [-0.39, 0.29) is 24.1 Å². The molecule has 0 radical (unpaired) electrons. The van der Waals surface area contributed by atoms with Crippen LogP contribution in [0.1, 0.15) is 28.8 Å². The van der Waals surface area contributed by atoms with E-state index in [2.05, 4.69) is 0 Å². The summed E-state index contributed by atoms with van der Waals surface area (Å²) in [6, 6.07) is 10.3. The van der Waals surface area contributed by atoms with Gasteiger partial charge < -0.3 is 23.8 Å². The standard InChI is InChI=1S/C23H23NO6/c1-27-18-8-5-15(11-20(18)28-2)12-21-23(26)17-7-6-16(13-19(17)30-21)29-14-22(25)24-9-3-4-10-24/h5-8,11-13H,3-4,9-10,14H2,1-2H3. The van der Waals surface area contributed by atoms with Gasteiger partial charge >= 0.3 is 0 Å². The monoisotopic (exact) mass is 409 g/mol. The molecule has 0 aromatic heterocycles. The second-order valence-electron chi connectivity index (χ2n) is 7.09. The smallest absolute Gasteiger partial charge is 0.260 e. The Balaban J connectivity index is 1.47. The predicted molar refractivity (Wildman–Crippen MR) is 110 cm³/mol. The van der Waals surface area contributed by atoms with Gasteiger partial charge in [-0.1, -0.05) is 6.07 Å². The maximum absolute atomic E-state index is 12.7. The third-order valence-corrected chi connectivity index (χ3v) is 5.17. The minimum absolute atomic E-state index is 0.0267. The molecule has 156 valence electrons. The van der Waals surface area contributed by atoms with Crippen LogP contribution in [0.25, 0.3) is 6.08 Å². The Morgan fingerprint density at radius 1 is 1.07 bits per heavy atom. The van der Waals surface area contributed by atoms with E-state index in [0.717, 1.165) is 31.5 Å². The summed E-state index contributed by atoms with van der Waals surface area (Å²) in [5, 5.41) is 0. The van der Waals surface area contributed by atoms with Crippen LogP contribution in [0.4, 0.5) is 0 Å². The molecule has 1 fully saturated rings. The topological polar surface area (TPSA) is 74.3 Å². The third kappa shape index (κ3) is 3.96. The average molecular weight is 409 g/mol. The molecule has 2 aromatic rings. The van der Waals surface area contributed by atoms with Gasteiger partial charge in [0, 0.05) is 19.2 Å². The van der Waals surface area contributed by atoms with E-state index in [1.807, 2.05) is 6.07 Å². The molecule has 1 amide bonds. The first kappa shape index (κ1) is 19.8. The number of hydrogen-bond donors (Lipinski definition) is 0. The molecule has 7 heteroatoms. The fraction of sp³-hybridized carbons (Fsp3) is 0.304. The SMILES string of the molecule is COc1ccc(C=C2Oc3cc(OCC(=O)N4CCCC4)ccc3C2=O)cc1OC. The number of allylic oxidation sites excluding steroid dienone is 1. The number of Topliss-reactive ketones (excluding diaryl/α,β-unsaturated/α-hetero) is 1. The molecular weight excluding hydrogens is 386 g/mol. The van der Waals surface area contributed by atoms with Crippen LogP contribution in [0.5, 0.6) is 23.0 Å². The molecule has 0 bridgehead atoms. The number of likely N-dealkylation sites (tertiary alicyclic amines) is 1. The van der Waals surface area contributed by atoms with Crippen molar-refractivity contribution in [2.45, 2.75) is 12.8 Å². The van der Waals surface area contributed by atoms with Crippen molar-refractivity contribution in [3.05, 3.63) is 53.3 Å². The van der Waals surface area contributed by atoms with Gasteiger partial charge in [-0.05, 0) is 48.7 Å². The zero-order valence-corrected chi connectivity index (χ0v) is 17.0. The third-order valence-electron chi connectivity index (χ3n) is 5.17. The van der Waals surface area contributed by atoms with Crippen molar-refractivity contribution in [3.63, 3.8) is 0 Å². The van der Waals surface area contributed by atoms with Crippen LogP contribution in [-0.2, 0) is 4.79 Å².